The summed E-state index contributed by atoms with van der Waals surface area (Å²) in [7, 11) is 3.41. The molecular formula is C22H23FN4O3. The van der Waals surface area contributed by atoms with E-state index >= 15 is 0 Å². The number of nitrogens with zero attached hydrogens (tertiary/aromatic N) is 3. The summed E-state index contributed by atoms with van der Waals surface area (Å²) in [6.07, 6.45) is -0.340. The van der Waals surface area contributed by atoms with Gasteiger partial charge in [-0.3, -0.25) is 4.79 Å². The largest absolute Gasteiger partial charge is 0.481 e. The van der Waals surface area contributed by atoms with Crippen LogP contribution in [0.2, 0.25) is 0 Å². The Hall–Kier alpha value is -3.68. The van der Waals surface area contributed by atoms with Gasteiger partial charge in [0.1, 0.15) is 11.6 Å². The number of aliphatic imine (C=N–C) groups is 1. The number of hydrogen-bond donors (Lipinski definition) is 2. The molecule has 1 atom stereocenters. The van der Waals surface area contributed by atoms with E-state index in [2.05, 4.69) is 10.1 Å². The van der Waals surface area contributed by atoms with Crippen LogP contribution in [-0.2, 0) is 11.2 Å². The van der Waals surface area contributed by atoms with Gasteiger partial charge < -0.3 is 20.3 Å². The standard InChI is InChI=1S/C22H23FN4O3/c1-13(15-9-10-16(18(23)11-15)14-7-5-4-6-8-14)20-17(12-19(28)29)21(26-30-20)25-22(24)27(2)3/h4-11,13H,12H2,1-3H3,(H,28,29)(H2,24,25,26). The van der Waals surface area contributed by atoms with Crippen molar-refractivity contribution in [3.8, 4) is 11.1 Å². The SMILES string of the molecule is CC(c1ccc(-c2ccccc2)c(F)c1)c1onc(N=C(N)N(C)C)c1CC(=O)O. The number of carbonyl (C=O) groups is 1. The number of nitrogens with two attached hydrogens (primary N) is 1. The lowest BCUT2D eigenvalue weighted by Crippen LogP contribution is -2.29. The molecule has 0 aliphatic carbocycles. The predicted octanol–water partition coefficient (Wildman–Crippen LogP) is 3.77. The van der Waals surface area contributed by atoms with Crippen LogP contribution in [-0.4, -0.2) is 41.2 Å². The van der Waals surface area contributed by atoms with Crippen molar-refractivity contribution in [3.05, 3.63) is 71.2 Å². The molecule has 3 N–H and O–H groups in total. The first-order chi connectivity index (χ1) is 14.3. The molecule has 1 aromatic heterocycles. The third-order valence-electron chi connectivity index (χ3n) is 4.78. The zero-order chi connectivity index (χ0) is 21.8. The third-order valence-corrected chi connectivity index (χ3v) is 4.78. The molecule has 0 spiro atoms. The number of hydrogen-bond acceptors (Lipinski definition) is 4. The normalized spacial score (nSPS) is 12.6. The molecule has 0 fully saturated rings. The number of benzene rings is 2. The van der Waals surface area contributed by atoms with Crippen LogP contribution in [0.15, 0.2) is 58.0 Å². The molecule has 1 unspecified atom stereocenters. The Kier molecular flexibility index (Phi) is 6.15. The molecule has 0 aliphatic rings. The predicted molar refractivity (Wildman–Crippen MR) is 112 cm³/mol. The van der Waals surface area contributed by atoms with Crippen LogP contribution >= 0.6 is 0 Å². The highest BCUT2D eigenvalue weighted by Gasteiger charge is 2.25. The highest BCUT2D eigenvalue weighted by atomic mass is 19.1. The molecule has 0 bridgehead atoms. The zero-order valence-corrected chi connectivity index (χ0v) is 17.0. The van der Waals surface area contributed by atoms with Gasteiger partial charge in [-0.2, -0.15) is 4.99 Å². The number of aliphatic carboxylic acids is 1. The summed E-state index contributed by atoms with van der Waals surface area (Å²) < 4.78 is 20.2. The van der Waals surface area contributed by atoms with Gasteiger partial charge in [-0.15, -0.1) is 0 Å². The van der Waals surface area contributed by atoms with Crippen LogP contribution < -0.4 is 5.73 Å². The fraction of sp³-hybridized carbons (Fsp3) is 0.227. The minimum atomic E-state index is -1.06. The summed E-state index contributed by atoms with van der Waals surface area (Å²) in [6.45, 7) is 1.80. The van der Waals surface area contributed by atoms with Crippen LogP contribution in [0.1, 0.15) is 29.7 Å². The van der Waals surface area contributed by atoms with Crippen molar-refractivity contribution in [1.29, 1.82) is 0 Å². The van der Waals surface area contributed by atoms with Crippen LogP contribution in [0.4, 0.5) is 10.2 Å². The summed E-state index contributed by atoms with van der Waals surface area (Å²) in [6, 6.07) is 14.2. The number of halogens is 1. The number of guanidine groups is 1. The quantitative estimate of drug-likeness (QED) is 0.473. The van der Waals surface area contributed by atoms with Crippen molar-refractivity contribution in [3.63, 3.8) is 0 Å². The maximum absolute atomic E-state index is 14.8. The maximum atomic E-state index is 14.8. The van der Waals surface area contributed by atoms with E-state index in [4.69, 9.17) is 10.3 Å². The van der Waals surface area contributed by atoms with E-state index in [1.165, 1.54) is 6.07 Å². The molecule has 3 rings (SSSR count). The van der Waals surface area contributed by atoms with Crippen molar-refractivity contribution in [1.82, 2.24) is 10.1 Å². The van der Waals surface area contributed by atoms with Crippen LogP contribution in [0, 0.1) is 5.82 Å². The maximum Gasteiger partial charge on any atom is 0.308 e. The molecule has 0 saturated carbocycles. The summed E-state index contributed by atoms with van der Waals surface area (Å²) >= 11 is 0. The first kappa shape index (κ1) is 21.0. The summed E-state index contributed by atoms with van der Waals surface area (Å²) in [4.78, 5) is 17.1. The van der Waals surface area contributed by atoms with Crippen molar-refractivity contribution >= 4 is 17.7 Å². The molecule has 7 nitrogen and oxygen atoms in total. The van der Waals surface area contributed by atoms with E-state index in [-0.39, 0.29) is 24.0 Å². The second-order valence-electron chi connectivity index (χ2n) is 7.11. The first-order valence-electron chi connectivity index (χ1n) is 9.34. The van der Waals surface area contributed by atoms with Crippen molar-refractivity contribution < 1.29 is 18.8 Å². The fourth-order valence-electron chi connectivity index (χ4n) is 3.07. The van der Waals surface area contributed by atoms with Crippen LogP contribution in [0.5, 0.6) is 0 Å². The van der Waals surface area contributed by atoms with Gasteiger partial charge in [-0.1, -0.05) is 54.5 Å². The lowest BCUT2D eigenvalue weighted by molar-refractivity contribution is -0.136. The molecule has 0 amide bonds. The molecule has 2 aromatic carbocycles. The number of carboxylic acids is 1. The molecule has 156 valence electrons. The second kappa shape index (κ2) is 8.77. The molecule has 1 heterocycles. The minimum Gasteiger partial charge on any atom is -0.481 e. The monoisotopic (exact) mass is 410 g/mol. The number of rotatable bonds is 6. The van der Waals surface area contributed by atoms with Crippen LogP contribution in [0.25, 0.3) is 11.1 Å². The van der Waals surface area contributed by atoms with E-state index in [9.17, 15) is 14.3 Å². The Morgan fingerprint density at radius 2 is 1.97 bits per heavy atom. The molecular weight excluding hydrogens is 387 g/mol. The van der Waals surface area contributed by atoms with Crippen LogP contribution in [0.3, 0.4) is 0 Å². The average Bonchev–Trinajstić information content (AvgIpc) is 3.09. The van der Waals surface area contributed by atoms with Gasteiger partial charge >= 0.3 is 5.97 Å². The molecule has 0 aliphatic heterocycles. The van der Waals surface area contributed by atoms with Gasteiger partial charge in [0.05, 0.1) is 12.0 Å². The molecule has 3 aromatic rings. The van der Waals surface area contributed by atoms with Crippen molar-refractivity contribution in [2.24, 2.45) is 10.7 Å². The van der Waals surface area contributed by atoms with Gasteiger partial charge in [0.2, 0.25) is 5.82 Å². The summed E-state index contributed by atoms with van der Waals surface area (Å²) in [5.74, 6) is -1.29. The molecule has 0 saturated heterocycles. The number of aromatic nitrogens is 1. The topological polar surface area (TPSA) is 105 Å². The highest BCUT2D eigenvalue weighted by molar-refractivity contribution is 5.81. The molecule has 0 radical (unpaired) electrons. The van der Waals surface area contributed by atoms with E-state index in [0.717, 1.165) is 5.56 Å². The van der Waals surface area contributed by atoms with Crippen molar-refractivity contribution in [2.45, 2.75) is 19.3 Å². The Labute approximate surface area is 173 Å². The van der Waals surface area contributed by atoms with Gasteiger partial charge in [0, 0.05) is 25.6 Å². The molecule has 30 heavy (non-hydrogen) atoms. The lowest BCUT2D eigenvalue weighted by atomic mass is 9.92. The average molecular weight is 410 g/mol. The summed E-state index contributed by atoms with van der Waals surface area (Å²) in [5.41, 5.74) is 8.04. The van der Waals surface area contributed by atoms with Gasteiger partial charge in [-0.05, 0) is 17.2 Å². The van der Waals surface area contributed by atoms with E-state index < -0.39 is 11.9 Å². The van der Waals surface area contributed by atoms with E-state index in [1.807, 2.05) is 30.3 Å². The van der Waals surface area contributed by atoms with Gasteiger partial charge in [-0.25, -0.2) is 4.39 Å². The highest BCUT2D eigenvalue weighted by Crippen LogP contribution is 2.34. The second-order valence-corrected chi connectivity index (χ2v) is 7.11. The lowest BCUT2D eigenvalue weighted by Gasteiger charge is -2.13. The Bertz CT molecular complexity index is 1080. The van der Waals surface area contributed by atoms with Gasteiger partial charge in [0.15, 0.2) is 5.96 Å². The Morgan fingerprint density at radius 3 is 2.57 bits per heavy atom. The first-order valence-corrected chi connectivity index (χ1v) is 9.34. The van der Waals surface area contributed by atoms with Gasteiger partial charge in [0.25, 0.3) is 0 Å². The Morgan fingerprint density at radius 1 is 1.27 bits per heavy atom. The Balaban J connectivity index is 1.99. The molecule has 8 heteroatoms. The smallest absolute Gasteiger partial charge is 0.308 e. The number of carboxylic acid groups (broad SMARTS) is 1. The van der Waals surface area contributed by atoms with E-state index in [0.29, 0.717) is 22.5 Å². The summed E-state index contributed by atoms with van der Waals surface area (Å²) in [5, 5.41) is 13.2. The fourth-order valence-corrected chi connectivity index (χ4v) is 3.07. The van der Waals surface area contributed by atoms with Crippen molar-refractivity contribution in [2.75, 3.05) is 14.1 Å². The third kappa shape index (κ3) is 4.48. The minimum absolute atomic E-state index is 0.104. The zero-order valence-electron chi connectivity index (χ0n) is 17.0. The van der Waals surface area contributed by atoms with E-state index in [1.54, 1.807) is 38.1 Å².